The average molecular weight is 262 g/mol. The van der Waals surface area contributed by atoms with Gasteiger partial charge in [0.15, 0.2) is 0 Å². The van der Waals surface area contributed by atoms with Crippen LogP contribution >= 0.6 is 0 Å². The normalized spacial score (nSPS) is 12.9. The Morgan fingerprint density at radius 2 is 1.74 bits per heavy atom. The Labute approximate surface area is 119 Å². The second-order valence-electron chi connectivity index (χ2n) is 5.50. The average Bonchev–Trinajstić information content (AvgIpc) is 2.41. The van der Waals surface area contributed by atoms with Gasteiger partial charge in [0.1, 0.15) is 0 Å². The third-order valence-corrected chi connectivity index (χ3v) is 3.70. The van der Waals surface area contributed by atoms with Crippen LogP contribution in [0.15, 0.2) is 18.3 Å². The fraction of sp³-hybridized carbons (Fsp3) is 0.706. The lowest BCUT2D eigenvalue weighted by Gasteiger charge is -2.28. The monoisotopic (exact) mass is 262 g/mol. The van der Waals surface area contributed by atoms with Gasteiger partial charge in [-0.25, -0.2) is 0 Å². The third-order valence-electron chi connectivity index (χ3n) is 3.70. The Bertz CT molecular complexity index is 326. The van der Waals surface area contributed by atoms with Gasteiger partial charge in [-0.3, -0.25) is 4.98 Å². The highest BCUT2D eigenvalue weighted by Crippen LogP contribution is 2.29. The van der Waals surface area contributed by atoms with E-state index in [1.807, 2.05) is 6.92 Å². The van der Waals surface area contributed by atoms with Crippen molar-refractivity contribution in [1.29, 1.82) is 0 Å². The number of aryl methyl sites for hydroxylation is 1. The molecule has 0 aromatic carbocycles. The van der Waals surface area contributed by atoms with Crippen molar-refractivity contribution in [2.24, 2.45) is 5.92 Å². The maximum absolute atomic E-state index is 4.47. The molecule has 0 aliphatic rings. The molecule has 0 spiro atoms. The smallest absolute Gasteiger partial charge is 0.0372 e. The van der Waals surface area contributed by atoms with E-state index in [9.17, 15) is 0 Å². The molecule has 0 saturated heterocycles. The maximum Gasteiger partial charge on any atom is 0.0372 e. The van der Waals surface area contributed by atoms with Crippen molar-refractivity contribution in [3.8, 4) is 0 Å². The number of nitrogens with one attached hydrogen (secondary N) is 1. The molecule has 1 N–H and O–H groups in total. The minimum atomic E-state index is 0.466. The van der Waals surface area contributed by atoms with E-state index in [4.69, 9.17) is 0 Å². The zero-order valence-electron chi connectivity index (χ0n) is 13.1. The standard InChI is InChI=1S/C17H30N2/c1-5-8-15(9-6-2)17(18-12-7-3)16-11-10-14(4)19-13-16/h10-11,13,15,17-18H,5-9,12H2,1-4H3. The SMILES string of the molecule is CCCNC(c1ccc(C)nc1)C(CCC)CCC. The molecule has 2 nitrogen and oxygen atoms in total. The molecule has 1 aromatic rings. The molecule has 0 aliphatic heterocycles. The first-order chi connectivity index (χ1) is 9.22. The van der Waals surface area contributed by atoms with E-state index < -0.39 is 0 Å². The Hall–Kier alpha value is -0.890. The largest absolute Gasteiger partial charge is 0.310 e. The number of nitrogens with zero attached hydrogens (tertiary/aromatic N) is 1. The minimum absolute atomic E-state index is 0.466. The highest BCUT2D eigenvalue weighted by molar-refractivity contribution is 5.18. The van der Waals surface area contributed by atoms with Crippen molar-refractivity contribution in [2.75, 3.05) is 6.54 Å². The van der Waals surface area contributed by atoms with E-state index in [1.54, 1.807) is 0 Å². The quantitative estimate of drug-likeness (QED) is 0.701. The van der Waals surface area contributed by atoms with Crippen LogP contribution in [0, 0.1) is 12.8 Å². The summed E-state index contributed by atoms with van der Waals surface area (Å²) in [5, 5.41) is 3.73. The molecular weight excluding hydrogens is 232 g/mol. The molecule has 2 heteroatoms. The summed E-state index contributed by atoms with van der Waals surface area (Å²) in [4.78, 5) is 4.47. The molecule has 0 radical (unpaired) electrons. The van der Waals surface area contributed by atoms with Crippen LogP contribution in [0.1, 0.15) is 70.2 Å². The van der Waals surface area contributed by atoms with E-state index in [0.717, 1.165) is 18.2 Å². The molecule has 1 aromatic heterocycles. The van der Waals surface area contributed by atoms with E-state index in [0.29, 0.717) is 6.04 Å². The summed E-state index contributed by atoms with van der Waals surface area (Å²) in [5.74, 6) is 0.728. The van der Waals surface area contributed by atoms with Crippen LogP contribution in [0.4, 0.5) is 0 Å². The fourth-order valence-electron chi connectivity index (χ4n) is 2.74. The van der Waals surface area contributed by atoms with Crippen LogP contribution < -0.4 is 5.32 Å². The predicted molar refractivity (Wildman–Crippen MR) is 83.3 cm³/mol. The van der Waals surface area contributed by atoms with Crippen LogP contribution in [0.3, 0.4) is 0 Å². The topological polar surface area (TPSA) is 24.9 Å². The van der Waals surface area contributed by atoms with Gasteiger partial charge < -0.3 is 5.32 Å². The van der Waals surface area contributed by atoms with E-state index >= 15 is 0 Å². The Balaban J connectivity index is 2.86. The zero-order chi connectivity index (χ0) is 14.1. The molecule has 0 saturated carbocycles. The summed E-state index contributed by atoms with van der Waals surface area (Å²) in [6.07, 6.45) is 8.34. The van der Waals surface area contributed by atoms with Crippen molar-refractivity contribution >= 4 is 0 Å². The molecule has 108 valence electrons. The van der Waals surface area contributed by atoms with Gasteiger partial charge in [0.2, 0.25) is 0 Å². The summed E-state index contributed by atoms with van der Waals surface area (Å²) in [7, 11) is 0. The van der Waals surface area contributed by atoms with E-state index in [2.05, 4.69) is 49.4 Å². The lowest BCUT2D eigenvalue weighted by atomic mass is 9.86. The van der Waals surface area contributed by atoms with Crippen molar-refractivity contribution in [1.82, 2.24) is 10.3 Å². The number of hydrogen-bond acceptors (Lipinski definition) is 2. The summed E-state index contributed by atoms with van der Waals surface area (Å²) in [6, 6.07) is 4.84. The number of pyridine rings is 1. The van der Waals surface area contributed by atoms with Crippen LogP contribution in [0.2, 0.25) is 0 Å². The van der Waals surface area contributed by atoms with E-state index in [1.165, 1.54) is 37.7 Å². The first kappa shape index (κ1) is 16.2. The minimum Gasteiger partial charge on any atom is -0.310 e. The summed E-state index contributed by atoms with van der Waals surface area (Å²) in [6.45, 7) is 9.93. The molecular formula is C17H30N2. The van der Waals surface area contributed by atoms with Crippen molar-refractivity contribution in [3.63, 3.8) is 0 Å². The Kier molecular flexibility index (Phi) is 7.73. The molecule has 1 heterocycles. The Morgan fingerprint density at radius 1 is 1.05 bits per heavy atom. The summed E-state index contributed by atoms with van der Waals surface area (Å²) in [5.41, 5.74) is 2.45. The molecule has 1 rings (SSSR count). The predicted octanol–water partition coefficient (Wildman–Crippen LogP) is 4.65. The second kappa shape index (κ2) is 9.08. The van der Waals surface area contributed by atoms with Gasteiger partial charge in [0.05, 0.1) is 0 Å². The molecule has 0 fully saturated rings. The lowest BCUT2D eigenvalue weighted by molar-refractivity contribution is 0.316. The van der Waals surface area contributed by atoms with Crippen molar-refractivity contribution < 1.29 is 0 Å². The number of rotatable bonds is 9. The molecule has 0 amide bonds. The van der Waals surface area contributed by atoms with Crippen LogP contribution in [0.5, 0.6) is 0 Å². The molecule has 19 heavy (non-hydrogen) atoms. The van der Waals surface area contributed by atoms with Gasteiger partial charge >= 0.3 is 0 Å². The highest BCUT2D eigenvalue weighted by Gasteiger charge is 2.21. The first-order valence-electron chi connectivity index (χ1n) is 7.88. The van der Waals surface area contributed by atoms with Gasteiger partial charge in [-0.2, -0.15) is 0 Å². The van der Waals surface area contributed by atoms with Gasteiger partial charge in [-0.15, -0.1) is 0 Å². The third kappa shape index (κ3) is 5.32. The maximum atomic E-state index is 4.47. The summed E-state index contributed by atoms with van der Waals surface area (Å²) >= 11 is 0. The van der Waals surface area contributed by atoms with Crippen LogP contribution in [-0.4, -0.2) is 11.5 Å². The molecule has 1 unspecified atom stereocenters. The Morgan fingerprint density at radius 3 is 2.21 bits per heavy atom. The zero-order valence-corrected chi connectivity index (χ0v) is 13.1. The van der Waals surface area contributed by atoms with Crippen molar-refractivity contribution in [2.45, 2.75) is 65.8 Å². The molecule has 0 aliphatic carbocycles. The van der Waals surface area contributed by atoms with Gasteiger partial charge in [-0.05, 0) is 50.3 Å². The number of hydrogen-bond donors (Lipinski definition) is 1. The van der Waals surface area contributed by atoms with Crippen LogP contribution in [0.25, 0.3) is 0 Å². The van der Waals surface area contributed by atoms with Gasteiger partial charge in [0.25, 0.3) is 0 Å². The molecule has 0 bridgehead atoms. The van der Waals surface area contributed by atoms with Gasteiger partial charge in [-0.1, -0.05) is 39.7 Å². The van der Waals surface area contributed by atoms with Crippen LogP contribution in [-0.2, 0) is 0 Å². The highest BCUT2D eigenvalue weighted by atomic mass is 14.9. The summed E-state index contributed by atoms with van der Waals surface area (Å²) < 4.78 is 0. The second-order valence-corrected chi connectivity index (χ2v) is 5.50. The number of aromatic nitrogens is 1. The first-order valence-corrected chi connectivity index (χ1v) is 7.88. The lowest BCUT2D eigenvalue weighted by Crippen LogP contribution is -2.29. The van der Waals surface area contributed by atoms with Crippen molar-refractivity contribution in [3.05, 3.63) is 29.6 Å². The fourth-order valence-corrected chi connectivity index (χ4v) is 2.74. The van der Waals surface area contributed by atoms with Gasteiger partial charge in [0, 0.05) is 17.9 Å². The molecule has 1 atom stereocenters. The van der Waals surface area contributed by atoms with E-state index in [-0.39, 0.29) is 0 Å².